The van der Waals surface area contributed by atoms with Gasteiger partial charge in [0.2, 0.25) is 5.91 Å². The van der Waals surface area contributed by atoms with Gasteiger partial charge in [-0.25, -0.2) is 4.79 Å². The Labute approximate surface area is 65.8 Å². The van der Waals surface area contributed by atoms with Gasteiger partial charge in [-0.05, 0) is 6.92 Å². The van der Waals surface area contributed by atoms with Gasteiger partial charge in [0.15, 0.2) is 0 Å². The van der Waals surface area contributed by atoms with E-state index in [0.29, 0.717) is 6.54 Å². The molecule has 0 spiro atoms. The van der Waals surface area contributed by atoms with Crippen LogP contribution in [0.2, 0.25) is 0 Å². The molecule has 62 valence electrons. The topological polar surface area (TPSA) is 40.6 Å². The van der Waals surface area contributed by atoms with E-state index in [1.165, 1.54) is 11.8 Å². The molecule has 0 aromatic rings. The summed E-state index contributed by atoms with van der Waals surface area (Å²) in [7, 11) is 1.70. The molecular formula is C7H12N2O2. The molecule has 4 heteroatoms. The summed E-state index contributed by atoms with van der Waals surface area (Å²) in [6, 6.07) is -0.171. The molecule has 0 saturated carbocycles. The molecule has 1 aliphatic heterocycles. The van der Waals surface area contributed by atoms with Gasteiger partial charge in [0.25, 0.3) is 0 Å². The molecule has 1 atom stereocenters. The van der Waals surface area contributed by atoms with Crippen molar-refractivity contribution in [3.63, 3.8) is 0 Å². The summed E-state index contributed by atoms with van der Waals surface area (Å²) in [5.41, 5.74) is 0. The number of imide groups is 1. The summed E-state index contributed by atoms with van der Waals surface area (Å²) in [6.45, 7) is 3.91. The van der Waals surface area contributed by atoms with Crippen molar-refractivity contribution in [2.24, 2.45) is 0 Å². The first-order chi connectivity index (χ1) is 5.04. The molecular weight excluding hydrogens is 144 g/mol. The Morgan fingerprint density at radius 3 is 2.36 bits per heavy atom. The molecule has 1 saturated heterocycles. The highest BCUT2D eigenvalue weighted by Gasteiger charge is 2.34. The van der Waals surface area contributed by atoms with Crippen molar-refractivity contribution >= 4 is 11.9 Å². The minimum atomic E-state index is -0.190. The van der Waals surface area contributed by atoms with Crippen LogP contribution in [0.15, 0.2) is 0 Å². The lowest BCUT2D eigenvalue weighted by atomic mass is 10.3. The van der Waals surface area contributed by atoms with Crippen molar-refractivity contribution in [2.75, 3.05) is 13.6 Å². The largest absolute Gasteiger partial charge is 0.326 e. The minimum Gasteiger partial charge on any atom is -0.325 e. The Kier molecular flexibility index (Phi) is 1.85. The van der Waals surface area contributed by atoms with Gasteiger partial charge >= 0.3 is 6.03 Å². The van der Waals surface area contributed by atoms with E-state index in [1.807, 2.05) is 6.92 Å². The van der Waals surface area contributed by atoms with Gasteiger partial charge in [0.1, 0.15) is 0 Å². The Balaban J connectivity index is 2.80. The van der Waals surface area contributed by atoms with Crippen LogP contribution in [0.3, 0.4) is 0 Å². The number of nitrogens with zero attached hydrogens (tertiary/aromatic N) is 2. The zero-order chi connectivity index (χ0) is 8.59. The Bertz CT molecular complexity index is 203. The van der Waals surface area contributed by atoms with Gasteiger partial charge in [-0.3, -0.25) is 9.69 Å². The molecule has 0 aromatic heterocycles. The normalized spacial score (nSPS) is 24.6. The lowest BCUT2D eigenvalue weighted by Crippen LogP contribution is -2.36. The van der Waals surface area contributed by atoms with Crippen LogP contribution in [-0.2, 0) is 4.79 Å². The van der Waals surface area contributed by atoms with Crippen molar-refractivity contribution in [2.45, 2.75) is 19.9 Å². The average molecular weight is 156 g/mol. The molecule has 1 rings (SSSR count). The molecule has 1 aliphatic rings. The SMILES string of the molecule is CC(=O)N1C(=O)N(C)CC1C. The lowest BCUT2D eigenvalue weighted by molar-refractivity contribution is -0.126. The fraction of sp³-hybridized carbons (Fsp3) is 0.714. The molecule has 0 radical (unpaired) electrons. The van der Waals surface area contributed by atoms with Crippen molar-refractivity contribution < 1.29 is 9.59 Å². The standard InChI is InChI=1S/C7H12N2O2/c1-5-4-8(3)7(11)9(5)6(2)10/h5H,4H2,1-3H3. The first kappa shape index (κ1) is 8.04. The summed E-state index contributed by atoms with van der Waals surface area (Å²) in [4.78, 5) is 24.9. The highest BCUT2D eigenvalue weighted by molar-refractivity contribution is 5.95. The summed E-state index contributed by atoms with van der Waals surface area (Å²) in [5.74, 6) is -0.174. The van der Waals surface area contributed by atoms with Crippen LogP contribution in [0.1, 0.15) is 13.8 Å². The number of rotatable bonds is 0. The van der Waals surface area contributed by atoms with Crippen LogP contribution in [0.4, 0.5) is 4.79 Å². The number of carbonyl (C=O) groups is 2. The van der Waals surface area contributed by atoms with Crippen LogP contribution in [-0.4, -0.2) is 41.4 Å². The zero-order valence-electron chi connectivity index (χ0n) is 7.00. The summed E-state index contributed by atoms with van der Waals surface area (Å²) < 4.78 is 0. The third kappa shape index (κ3) is 1.20. The van der Waals surface area contributed by atoms with Gasteiger partial charge in [-0.2, -0.15) is 0 Å². The van der Waals surface area contributed by atoms with Crippen LogP contribution < -0.4 is 0 Å². The second kappa shape index (κ2) is 2.53. The van der Waals surface area contributed by atoms with E-state index < -0.39 is 0 Å². The first-order valence-electron chi connectivity index (χ1n) is 3.59. The molecule has 11 heavy (non-hydrogen) atoms. The Hall–Kier alpha value is -1.06. The van der Waals surface area contributed by atoms with Crippen LogP contribution in [0.5, 0.6) is 0 Å². The van der Waals surface area contributed by atoms with E-state index in [1.54, 1.807) is 11.9 Å². The van der Waals surface area contributed by atoms with Gasteiger partial charge < -0.3 is 4.90 Å². The second-order valence-corrected chi connectivity index (χ2v) is 2.90. The molecule has 0 N–H and O–H groups in total. The second-order valence-electron chi connectivity index (χ2n) is 2.90. The molecule has 0 aromatic carbocycles. The van der Waals surface area contributed by atoms with Crippen molar-refractivity contribution in [3.05, 3.63) is 0 Å². The molecule has 4 nitrogen and oxygen atoms in total. The number of hydrogen-bond acceptors (Lipinski definition) is 2. The van der Waals surface area contributed by atoms with E-state index in [-0.39, 0.29) is 18.0 Å². The maximum Gasteiger partial charge on any atom is 0.326 e. The lowest BCUT2D eigenvalue weighted by Gasteiger charge is -2.14. The predicted octanol–water partition coefficient (Wildman–Crippen LogP) is 0.289. The monoisotopic (exact) mass is 156 g/mol. The number of carbonyl (C=O) groups excluding carboxylic acids is 2. The maximum atomic E-state index is 11.2. The number of hydrogen-bond donors (Lipinski definition) is 0. The fourth-order valence-corrected chi connectivity index (χ4v) is 1.37. The van der Waals surface area contributed by atoms with E-state index in [4.69, 9.17) is 0 Å². The van der Waals surface area contributed by atoms with Crippen molar-refractivity contribution in [3.8, 4) is 0 Å². The average Bonchev–Trinajstić information content (AvgIpc) is 2.07. The Morgan fingerprint density at radius 2 is 2.18 bits per heavy atom. The third-order valence-electron chi connectivity index (χ3n) is 1.85. The number of amides is 3. The fourth-order valence-electron chi connectivity index (χ4n) is 1.37. The molecule has 1 unspecified atom stereocenters. The smallest absolute Gasteiger partial charge is 0.325 e. The maximum absolute atomic E-state index is 11.2. The number of urea groups is 1. The highest BCUT2D eigenvalue weighted by Crippen LogP contribution is 2.13. The third-order valence-corrected chi connectivity index (χ3v) is 1.85. The highest BCUT2D eigenvalue weighted by atomic mass is 16.2. The van der Waals surface area contributed by atoms with E-state index in [2.05, 4.69) is 0 Å². The van der Waals surface area contributed by atoms with Crippen molar-refractivity contribution in [1.29, 1.82) is 0 Å². The van der Waals surface area contributed by atoms with E-state index >= 15 is 0 Å². The molecule has 1 fully saturated rings. The van der Waals surface area contributed by atoms with Gasteiger partial charge in [-0.15, -0.1) is 0 Å². The summed E-state index contributed by atoms with van der Waals surface area (Å²) in [6.07, 6.45) is 0. The first-order valence-corrected chi connectivity index (χ1v) is 3.59. The Morgan fingerprint density at radius 1 is 1.64 bits per heavy atom. The van der Waals surface area contributed by atoms with Crippen LogP contribution in [0.25, 0.3) is 0 Å². The van der Waals surface area contributed by atoms with Crippen LogP contribution in [0, 0.1) is 0 Å². The minimum absolute atomic E-state index is 0.0185. The molecule has 1 heterocycles. The molecule has 3 amide bonds. The van der Waals surface area contributed by atoms with E-state index in [9.17, 15) is 9.59 Å². The zero-order valence-corrected chi connectivity index (χ0v) is 7.00. The van der Waals surface area contributed by atoms with Gasteiger partial charge in [-0.1, -0.05) is 0 Å². The van der Waals surface area contributed by atoms with E-state index in [0.717, 1.165) is 0 Å². The predicted molar refractivity (Wildman–Crippen MR) is 40.0 cm³/mol. The quantitative estimate of drug-likeness (QED) is 0.505. The van der Waals surface area contributed by atoms with Crippen molar-refractivity contribution in [1.82, 2.24) is 9.80 Å². The van der Waals surface area contributed by atoms with Gasteiger partial charge in [0, 0.05) is 20.5 Å². The van der Waals surface area contributed by atoms with Gasteiger partial charge in [0.05, 0.1) is 6.04 Å². The summed E-state index contributed by atoms with van der Waals surface area (Å²) >= 11 is 0. The molecule has 0 aliphatic carbocycles. The number of likely N-dealkylation sites (N-methyl/N-ethyl adjacent to an activating group) is 1. The molecule has 0 bridgehead atoms. The summed E-state index contributed by atoms with van der Waals surface area (Å²) in [5, 5.41) is 0. The van der Waals surface area contributed by atoms with Crippen LogP contribution >= 0.6 is 0 Å².